The van der Waals surface area contributed by atoms with Crippen LogP contribution >= 0.6 is 12.4 Å². The lowest BCUT2D eigenvalue weighted by molar-refractivity contribution is -0.119. The molecule has 1 aromatic rings. The fourth-order valence-electron chi connectivity index (χ4n) is 1.86. The molecule has 0 bridgehead atoms. The molecule has 1 unspecified atom stereocenters. The SMILES string of the molecule is CC(CN)C(=O)Nc1cc2c(cc1F)CCC(=O)N2.Cl. The summed E-state index contributed by atoms with van der Waals surface area (Å²) in [5, 5.41) is 5.14. The molecular formula is C13H17ClFN3O2. The van der Waals surface area contributed by atoms with E-state index >= 15 is 0 Å². The third-order valence-corrected chi connectivity index (χ3v) is 3.15. The zero-order valence-electron chi connectivity index (χ0n) is 11.0. The van der Waals surface area contributed by atoms with Crippen molar-refractivity contribution in [2.45, 2.75) is 19.8 Å². The molecule has 1 aliphatic rings. The van der Waals surface area contributed by atoms with Crippen molar-refractivity contribution in [1.29, 1.82) is 0 Å². The van der Waals surface area contributed by atoms with Gasteiger partial charge in [-0.1, -0.05) is 6.92 Å². The number of hydrogen-bond acceptors (Lipinski definition) is 3. The molecule has 1 aromatic carbocycles. The molecular weight excluding hydrogens is 285 g/mol. The van der Waals surface area contributed by atoms with E-state index in [9.17, 15) is 14.0 Å². The molecule has 0 radical (unpaired) electrons. The van der Waals surface area contributed by atoms with Crippen LogP contribution in [-0.2, 0) is 16.0 Å². The zero-order valence-corrected chi connectivity index (χ0v) is 11.8. The minimum atomic E-state index is -0.507. The summed E-state index contributed by atoms with van der Waals surface area (Å²) in [4.78, 5) is 23.0. The van der Waals surface area contributed by atoms with Gasteiger partial charge < -0.3 is 16.4 Å². The zero-order chi connectivity index (χ0) is 14.0. The van der Waals surface area contributed by atoms with Crippen LogP contribution < -0.4 is 16.4 Å². The number of benzene rings is 1. The summed E-state index contributed by atoms with van der Waals surface area (Å²) in [7, 11) is 0. The van der Waals surface area contributed by atoms with Crippen molar-refractivity contribution in [3.05, 3.63) is 23.5 Å². The van der Waals surface area contributed by atoms with E-state index in [1.165, 1.54) is 12.1 Å². The first kappa shape index (κ1) is 16.4. The number of nitrogens with one attached hydrogen (secondary N) is 2. The molecule has 1 atom stereocenters. The molecule has 0 spiro atoms. The summed E-state index contributed by atoms with van der Waals surface area (Å²) >= 11 is 0. The Morgan fingerprint density at radius 2 is 2.20 bits per heavy atom. The Balaban J connectivity index is 0.00000200. The van der Waals surface area contributed by atoms with E-state index in [2.05, 4.69) is 10.6 Å². The molecule has 7 heteroatoms. The summed E-state index contributed by atoms with van der Waals surface area (Å²) in [5.74, 6) is -1.35. The molecule has 2 amide bonds. The van der Waals surface area contributed by atoms with Gasteiger partial charge >= 0.3 is 0 Å². The predicted octanol–water partition coefficient (Wildman–Crippen LogP) is 1.67. The first-order chi connectivity index (χ1) is 9.01. The van der Waals surface area contributed by atoms with Gasteiger partial charge in [0.05, 0.1) is 5.69 Å². The number of rotatable bonds is 3. The molecule has 1 heterocycles. The van der Waals surface area contributed by atoms with Gasteiger partial charge in [-0.2, -0.15) is 0 Å². The van der Waals surface area contributed by atoms with Crippen LogP contribution in [0.25, 0.3) is 0 Å². The average molecular weight is 302 g/mol. The molecule has 0 aliphatic carbocycles. The first-order valence-electron chi connectivity index (χ1n) is 6.14. The Bertz CT molecular complexity index is 537. The number of amides is 2. The molecule has 20 heavy (non-hydrogen) atoms. The van der Waals surface area contributed by atoms with Crippen molar-refractivity contribution in [1.82, 2.24) is 0 Å². The lowest BCUT2D eigenvalue weighted by Gasteiger charge is -2.19. The number of aryl methyl sites for hydroxylation is 1. The van der Waals surface area contributed by atoms with E-state index in [4.69, 9.17) is 5.73 Å². The van der Waals surface area contributed by atoms with E-state index in [0.717, 1.165) is 5.56 Å². The standard InChI is InChI=1S/C13H16FN3O2.ClH/c1-7(6-15)13(19)17-11-5-10-8(4-9(11)14)2-3-12(18)16-10;/h4-5,7H,2-3,6,15H2,1H3,(H,16,18)(H,17,19);1H. The van der Waals surface area contributed by atoms with Crippen LogP contribution in [0.2, 0.25) is 0 Å². The number of hydrogen-bond donors (Lipinski definition) is 3. The smallest absolute Gasteiger partial charge is 0.228 e. The number of carbonyl (C=O) groups is 2. The second kappa shape index (κ2) is 6.67. The average Bonchev–Trinajstić information content (AvgIpc) is 2.39. The van der Waals surface area contributed by atoms with Crippen LogP contribution in [-0.4, -0.2) is 18.4 Å². The summed E-state index contributed by atoms with van der Waals surface area (Å²) in [6.07, 6.45) is 0.855. The summed E-state index contributed by atoms with van der Waals surface area (Å²) < 4.78 is 13.8. The maximum atomic E-state index is 13.8. The Labute approximate surface area is 122 Å². The Kier molecular flexibility index (Phi) is 5.47. The van der Waals surface area contributed by atoms with Gasteiger partial charge in [0.1, 0.15) is 5.82 Å². The van der Waals surface area contributed by atoms with Gasteiger partial charge in [-0.05, 0) is 24.1 Å². The van der Waals surface area contributed by atoms with E-state index in [1.54, 1.807) is 6.92 Å². The normalized spacial score (nSPS) is 14.7. The molecule has 4 N–H and O–H groups in total. The molecule has 0 saturated heterocycles. The largest absolute Gasteiger partial charge is 0.330 e. The summed E-state index contributed by atoms with van der Waals surface area (Å²) in [6.45, 7) is 1.85. The van der Waals surface area contributed by atoms with Crippen molar-refractivity contribution in [3.8, 4) is 0 Å². The third-order valence-electron chi connectivity index (χ3n) is 3.15. The molecule has 0 fully saturated rings. The third kappa shape index (κ3) is 3.46. The second-order valence-electron chi connectivity index (χ2n) is 4.66. The van der Waals surface area contributed by atoms with Crippen molar-refractivity contribution in [2.24, 2.45) is 11.7 Å². The highest BCUT2D eigenvalue weighted by molar-refractivity contribution is 5.97. The van der Waals surface area contributed by atoms with Gasteiger partial charge in [-0.15, -0.1) is 12.4 Å². The van der Waals surface area contributed by atoms with Gasteiger partial charge in [0.15, 0.2) is 0 Å². The van der Waals surface area contributed by atoms with Gasteiger partial charge in [0.25, 0.3) is 0 Å². The maximum Gasteiger partial charge on any atom is 0.228 e. The van der Waals surface area contributed by atoms with Crippen LogP contribution in [0, 0.1) is 11.7 Å². The van der Waals surface area contributed by atoms with Crippen molar-refractivity contribution >= 4 is 35.6 Å². The maximum absolute atomic E-state index is 13.8. The number of carbonyl (C=O) groups excluding carboxylic acids is 2. The number of nitrogens with two attached hydrogens (primary N) is 1. The lowest BCUT2D eigenvalue weighted by atomic mass is 10.0. The van der Waals surface area contributed by atoms with Crippen molar-refractivity contribution in [3.63, 3.8) is 0 Å². The highest BCUT2D eigenvalue weighted by Gasteiger charge is 2.19. The number of halogens is 2. The second-order valence-corrected chi connectivity index (χ2v) is 4.66. The van der Waals surface area contributed by atoms with Gasteiger partial charge in [-0.3, -0.25) is 9.59 Å². The lowest BCUT2D eigenvalue weighted by Crippen LogP contribution is -2.27. The Morgan fingerprint density at radius 3 is 2.85 bits per heavy atom. The van der Waals surface area contributed by atoms with Gasteiger partial charge in [-0.25, -0.2) is 4.39 Å². The van der Waals surface area contributed by atoms with E-state index in [0.29, 0.717) is 18.5 Å². The first-order valence-corrected chi connectivity index (χ1v) is 6.14. The van der Waals surface area contributed by atoms with E-state index in [1.807, 2.05) is 0 Å². The van der Waals surface area contributed by atoms with E-state index in [-0.39, 0.29) is 36.5 Å². The van der Waals surface area contributed by atoms with E-state index < -0.39 is 11.7 Å². The van der Waals surface area contributed by atoms with Gasteiger partial charge in [0.2, 0.25) is 11.8 Å². The molecule has 0 saturated carbocycles. The van der Waals surface area contributed by atoms with Crippen LogP contribution in [0.5, 0.6) is 0 Å². The molecule has 1 aliphatic heterocycles. The fraction of sp³-hybridized carbons (Fsp3) is 0.385. The minimum Gasteiger partial charge on any atom is -0.330 e. The summed E-state index contributed by atoms with van der Waals surface area (Å²) in [5.41, 5.74) is 6.73. The molecule has 110 valence electrons. The number of fused-ring (bicyclic) bond motifs is 1. The van der Waals surface area contributed by atoms with Gasteiger partial charge in [0, 0.05) is 24.6 Å². The van der Waals surface area contributed by atoms with Crippen LogP contribution in [0.1, 0.15) is 18.9 Å². The van der Waals surface area contributed by atoms with Crippen LogP contribution in [0.3, 0.4) is 0 Å². The highest BCUT2D eigenvalue weighted by atomic mass is 35.5. The van der Waals surface area contributed by atoms with Crippen LogP contribution in [0.15, 0.2) is 12.1 Å². The van der Waals surface area contributed by atoms with Crippen molar-refractivity contribution < 1.29 is 14.0 Å². The monoisotopic (exact) mass is 301 g/mol. The van der Waals surface area contributed by atoms with Crippen molar-refractivity contribution in [2.75, 3.05) is 17.2 Å². The highest BCUT2D eigenvalue weighted by Crippen LogP contribution is 2.28. The molecule has 2 rings (SSSR count). The fourth-order valence-corrected chi connectivity index (χ4v) is 1.86. The summed E-state index contributed by atoms with van der Waals surface area (Å²) in [6, 6.07) is 2.79. The molecule has 0 aromatic heterocycles. The quantitative estimate of drug-likeness (QED) is 0.794. The molecule has 5 nitrogen and oxygen atoms in total. The topological polar surface area (TPSA) is 84.2 Å². The minimum absolute atomic E-state index is 0. The Hall–Kier alpha value is -1.66. The van der Waals surface area contributed by atoms with Crippen LogP contribution in [0.4, 0.5) is 15.8 Å². The number of anilines is 2. The predicted molar refractivity (Wildman–Crippen MR) is 77.4 cm³/mol. The Morgan fingerprint density at radius 1 is 1.50 bits per heavy atom.